The summed E-state index contributed by atoms with van der Waals surface area (Å²) in [5, 5.41) is 20.3. The van der Waals surface area contributed by atoms with E-state index < -0.39 is 13.0 Å². The second-order valence-corrected chi connectivity index (χ2v) is 4.37. The number of rotatable bonds is 8. The number of carbonyl (C=O) groups excluding carboxylic acids is 1. The van der Waals surface area contributed by atoms with Gasteiger partial charge in [0, 0.05) is 19.5 Å². The molecule has 114 valence electrons. The minimum Gasteiger partial charge on any atom is -0.395 e. The molecule has 0 spiro atoms. The molecule has 1 amide bonds. The third-order valence-corrected chi connectivity index (χ3v) is 2.79. The van der Waals surface area contributed by atoms with Crippen LogP contribution < -0.4 is 5.32 Å². The van der Waals surface area contributed by atoms with Crippen LogP contribution in [0.1, 0.15) is 12.0 Å². The summed E-state index contributed by atoms with van der Waals surface area (Å²) >= 11 is 0. The van der Waals surface area contributed by atoms with E-state index in [1.807, 2.05) is 6.07 Å². The number of benzene rings is 1. The van der Waals surface area contributed by atoms with E-state index in [4.69, 9.17) is 10.4 Å². The summed E-state index contributed by atoms with van der Waals surface area (Å²) in [5.74, 6) is -0.366. The highest BCUT2D eigenvalue weighted by atomic mass is 19.3. The van der Waals surface area contributed by atoms with Crippen LogP contribution in [0.15, 0.2) is 24.3 Å². The predicted molar refractivity (Wildman–Crippen MR) is 73.9 cm³/mol. The second kappa shape index (κ2) is 9.00. The third-order valence-electron chi connectivity index (χ3n) is 2.79. The van der Waals surface area contributed by atoms with E-state index in [-0.39, 0.29) is 32.0 Å². The van der Waals surface area contributed by atoms with Crippen molar-refractivity contribution in [3.63, 3.8) is 0 Å². The molecule has 0 saturated heterocycles. The topological polar surface area (TPSA) is 76.4 Å². The molecule has 1 rings (SSSR count). The highest BCUT2D eigenvalue weighted by Crippen LogP contribution is 2.13. The van der Waals surface area contributed by atoms with Crippen LogP contribution in [0, 0.1) is 11.3 Å². The van der Waals surface area contributed by atoms with Gasteiger partial charge in [0.2, 0.25) is 5.91 Å². The van der Waals surface area contributed by atoms with Crippen molar-refractivity contribution in [3.8, 4) is 6.07 Å². The number of aliphatic hydroxyl groups is 1. The fraction of sp³-hybridized carbons (Fsp3) is 0.429. The van der Waals surface area contributed by atoms with Crippen molar-refractivity contribution >= 4 is 11.6 Å². The van der Waals surface area contributed by atoms with E-state index in [1.165, 1.54) is 4.90 Å². The molecule has 2 N–H and O–H groups in total. The lowest BCUT2D eigenvalue weighted by atomic mass is 10.2. The fourth-order valence-corrected chi connectivity index (χ4v) is 1.79. The predicted octanol–water partition coefficient (Wildman–Crippen LogP) is 1.45. The number of hydrogen-bond donors (Lipinski definition) is 2. The Balaban J connectivity index is 2.51. The zero-order valence-electron chi connectivity index (χ0n) is 11.4. The van der Waals surface area contributed by atoms with Gasteiger partial charge in [0.05, 0.1) is 24.4 Å². The van der Waals surface area contributed by atoms with Crippen molar-refractivity contribution in [2.24, 2.45) is 0 Å². The Bertz CT molecular complexity index is 503. The van der Waals surface area contributed by atoms with Crippen molar-refractivity contribution in [1.82, 2.24) is 4.90 Å². The van der Waals surface area contributed by atoms with Crippen LogP contribution in [0.2, 0.25) is 0 Å². The van der Waals surface area contributed by atoms with Gasteiger partial charge in [-0.1, -0.05) is 12.1 Å². The van der Waals surface area contributed by atoms with E-state index in [0.29, 0.717) is 11.3 Å². The van der Waals surface area contributed by atoms with E-state index in [9.17, 15) is 13.6 Å². The highest BCUT2D eigenvalue weighted by Gasteiger charge is 2.13. The Morgan fingerprint density at radius 1 is 1.38 bits per heavy atom. The maximum atomic E-state index is 12.3. The summed E-state index contributed by atoms with van der Waals surface area (Å²) in [4.78, 5) is 13.1. The molecule has 5 nitrogen and oxygen atoms in total. The Morgan fingerprint density at radius 3 is 2.71 bits per heavy atom. The molecule has 0 aliphatic rings. The molecule has 0 bridgehead atoms. The lowest BCUT2D eigenvalue weighted by Gasteiger charge is -2.20. The molecule has 21 heavy (non-hydrogen) atoms. The average Bonchev–Trinajstić information content (AvgIpc) is 2.45. The first-order valence-corrected chi connectivity index (χ1v) is 6.47. The van der Waals surface area contributed by atoms with Crippen molar-refractivity contribution in [1.29, 1.82) is 5.26 Å². The fourth-order valence-electron chi connectivity index (χ4n) is 1.79. The van der Waals surface area contributed by atoms with Crippen LogP contribution >= 0.6 is 0 Å². The quantitative estimate of drug-likeness (QED) is 0.761. The summed E-state index contributed by atoms with van der Waals surface area (Å²) in [5.41, 5.74) is 0.734. The van der Waals surface area contributed by atoms with Crippen molar-refractivity contribution in [2.45, 2.75) is 12.8 Å². The molecule has 1 aromatic rings. The number of carbonyl (C=O) groups is 1. The largest absolute Gasteiger partial charge is 0.395 e. The van der Waals surface area contributed by atoms with Gasteiger partial charge in [-0.15, -0.1) is 0 Å². The highest BCUT2D eigenvalue weighted by molar-refractivity contribution is 5.92. The van der Waals surface area contributed by atoms with E-state index in [1.54, 1.807) is 24.3 Å². The Hall–Kier alpha value is -2.04. The first kappa shape index (κ1) is 17.0. The Kier molecular flexibility index (Phi) is 7.29. The van der Waals surface area contributed by atoms with E-state index in [2.05, 4.69) is 5.32 Å². The van der Waals surface area contributed by atoms with Gasteiger partial charge in [-0.05, 0) is 12.1 Å². The molecule has 0 saturated carbocycles. The third kappa shape index (κ3) is 6.29. The molecule has 0 heterocycles. The molecule has 0 unspecified atom stereocenters. The number of para-hydroxylation sites is 1. The number of nitrogens with one attached hydrogen (secondary N) is 1. The number of amides is 1. The van der Waals surface area contributed by atoms with Crippen molar-refractivity contribution in [3.05, 3.63) is 29.8 Å². The van der Waals surface area contributed by atoms with Gasteiger partial charge in [-0.3, -0.25) is 9.69 Å². The van der Waals surface area contributed by atoms with Gasteiger partial charge < -0.3 is 10.4 Å². The minimum absolute atomic E-state index is 0.00643. The molecule has 7 heteroatoms. The van der Waals surface area contributed by atoms with E-state index in [0.717, 1.165) is 0 Å². The summed E-state index contributed by atoms with van der Waals surface area (Å²) < 4.78 is 24.6. The Morgan fingerprint density at radius 2 is 2.10 bits per heavy atom. The molecule has 0 aliphatic carbocycles. The lowest BCUT2D eigenvalue weighted by Crippen LogP contribution is -2.34. The van der Waals surface area contributed by atoms with Crippen LogP contribution in [0.4, 0.5) is 14.5 Å². The number of hydrogen-bond acceptors (Lipinski definition) is 4. The number of aliphatic hydroxyl groups excluding tert-OH is 1. The molecule has 0 radical (unpaired) electrons. The zero-order chi connectivity index (χ0) is 15.7. The minimum atomic E-state index is -2.51. The van der Waals surface area contributed by atoms with Crippen molar-refractivity contribution in [2.75, 3.05) is 31.6 Å². The van der Waals surface area contributed by atoms with Gasteiger partial charge in [0.15, 0.2) is 0 Å². The molecule has 1 aromatic carbocycles. The SMILES string of the molecule is N#Cc1ccccc1NC(=O)CCN(CCO)CC(F)F. The number of alkyl halides is 2. The normalized spacial score (nSPS) is 10.7. The van der Waals surface area contributed by atoms with E-state index >= 15 is 0 Å². The van der Waals surface area contributed by atoms with Crippen molar-refractivity contribution < 1.29 is 18.7 Å². The average molecular weight is 297 g/mol. The molecule has 0 aliphatic heterocycles. The molecule has 0 atom stereocenters. The maximum absolute atomic E-state index is 12.3. The van der Waals surface area contributed by atoms with Gasteiger partial charge in [0.25, 0.3) is 6.43 Å². The Labute approximate surface area is 121 Å². The standard InChI is InChI=1S/C14H17F2N3O2/c15-13(16)10-19(7-8-20)6-5-14(21)18-12-4-2-1-3-11(12)9-17/h1-4,13,20H,5-8,10H2,(H,18,21). The van der Waals surface area contributed by atoms with Gasteiger partial charge in [-0.2, -0.15) is 5.26 Å². The molecule has 0 fully saturated rings. The summed E-state index contributed by atoms with van der Waals surface area (Å²) in [6.07, 6.45) is -2.51. The number of halogens is 2. The number of nitriles is 1. The molecular formula is C14H17F2N3O2. The number of anilines is 1. The monoisotopic (exact) mass is 297 g/mol. The van der Waals surface area contributed by atoms with Crippen LogP contribution in [0.5, 0.6) is 0 Å². The second-order valence-electron chi connectivity index (χ2n) is 4.37. The lowest BCUT2D eigenvalue weighted by molar-refractivity contribution is -0.116. The van der Waals surface area contributed by atoms with Crippen LogP contribution in [-0.2, 0) is 4.79 Å². The molecular weight excluding hydrogens is 280 g/mol. The zero-order valence-corrected chi connectivity index (χ0v) is 11.4. The number of nitrogens with zero attached hydrogens (tertiary/aromatic N) is 2. The van der Waals surface area contributed by atoms with Crippen LogP contribution in [-0.4, -0.2) is 48.6 Å². The summed E-state index contributed by atoms with van der Waals surface area (Å²) in [7, 11) is 0. The molecule has 0 aromatic heterocycles. The first-order valence-electron chi connectivity index (χ1n) is 6.47. The maximum Gasteiger partial charge on any atom is 0.251 e. The van der Waals surface area contributed by atoms with Crippen LogP contribution in [0.25, 0.3) is 0 Å². The summed E-state index contributed by atoms with van der Waals surface area (Å²) in [6.45, 7) is -0.522. The van der Waals surface area contributed by atoms with Crippen LogP contribution in [0.3, 0.4) is 0 Å². The van der Waals surface area contributed by atoms with Gasteiger partial charge >= 0.3 is 0 Å². The summed E-state index contributed by atoms with van der Waals surface area (Å²) in [6, 6.07) is 8.49. The smallest absolute Gasteiger partial charge is 0.251 e. The van der Waals surface area contributed by atoms with Gasteiger partial charge in [0.1, 0.15) is 6.07 Å². The first-order chi connectivity index (χ1) is 10.1. The van der Waals surface area contributed by atoms with Gasteiger partial charge in [-0.25, -0.2) is 8.78 Å².